The third-order valence-corrected chi connectivity index (χ3v) is 3.99. The summed E-state index contributed by atoms with van der Waals surface area (Å²) >= 11 is 3.79. The third-order valence-electron chi connectivity index (χ3n) is 3.29. The molecule has 0 aliphatic carbocycles. The molecule has 2 unspecified atom stereocenters. The number of nitrogens with zero attached hydrogens (tertiary/aromatic N) is 1. The first-order chi connectivity index (χ1) is 7.39. The summed E-state index contributed by atoms with van der Waals surface area (Å²) in [5, 5.41) is 0. The lowest BCUT2D eigenvalue weighted by atomic mass is 9.79. The van der Waals surface area contributed by atoms with E-state index in [1.807, 2.05) is 12.4 Å². The number of halogens is 1. The van der Waals surface area contributed by atoms with Crippen molar-refractivity contribution in [2.24, 2.45) is 11.3 Å². The van der Waals surface area contributed by atoms with Crippen LogP contribution in [0.1, 0.15) is 39.7 Å². The molecule has 1 rings (SSSR count). The second kappa shape index (κ2) is 5.81. The highest BCUT2D eigenvalue weighted by atomic mass is 79.9. The van der Waals surface area contributed by atoms with Crippen LogP contribution in [0.15, 0.2) is 24.5 Å². The normalized spacial score (nSPS) is 15.8. The summed E-state index contributed by atoms with van der Waals surface area (Å²) in [5.74, 6) is 0.721. The van der Waals surface area contributed by atoms with Crippen LogP contribution in [0.2, 0.25) is 0 Å². The smallest absolute Gasteiger partial charge is 0.0270 e. The van der Waals surface area contributed by atoms with Gasteiger partial charge in [0.2, 0.25) is 0 Å². The maximum atomic E-state index is 4.04. The number of rotatable bonds is 4. The highest BCUT2D eigenvalue weighted by Gasteiger charge is 2.22. The van der Waals surface area contributed by atoms with Crippen molar-refractivity contribution < 1.29 is 0 Å². The topological polar surface area (TPSA) is 12.9 Å². The second-order valence-corrected chi connectivity index (χ2v) is 6.95. The van der Waals surface area contributed by atoms with Gasteiger partial charge in [-0.3, -0.25) is 4.98 Å². The first-order valence-electron chi connectivity index (χ1n) is 5.92. The number of hydrogen-bond acceptors (Lipinski definition) is 1. The van der Waals surface area contributed by atoms with Gasteiger partial charge in [-0.05, 0) is 41.9 Å². The molecular formula is C14H22BrN. The van der Waals surface area contributed by atoms with Crippen LogP contribution in [0.5, 0.6) is 0 Å². The van der Waals surface area contributed by atoms with Gasteiger partial charge in [0.15, 0.2) is 0 Å². The molecule has 0 radical (unpaired) electrons. The number of aromatic nitrogens is 1. The van der Waals surface area contributed by atoms with Crippen LogP contribution in [0.25, 0.3) is 0 Å². The standard InChI is InChI=1S/C14H22BrN/c1-11(14(2,3)4)9-13(15)10-12-5-7-16-8-6-12/h5-8,11,13H,9-10H2,1-4H3. The Hall–Kier alpha value is -0.370. The van der Waals surface area contributed by atoms with Crippen molar-refractivity contribution in [3.8, 4) is 0 Å². The van der Waals surface area contributed by atoms with Gasteiger partial charge in [-0.2, -0.15) is 0 Å². The first-order valence-corrected chi connectivity index (χ1v) is 6.84. The highest BCUT2D eigenvalue weighted by molar-refractivity contribution is 9.09. The summed E-state index contributed by atoms with van der Waals surface area (Å²) in [6.45, 7) is 9.26. The molecule has 0 saturated carbocycles. The zero-order valence-electron chi connectivity index (χ0n) is 10.7. The van der Waals surface area contributed by atoms with E-state index in [1.165, 1.54) is 12.0 Å². The summed E-state index contributed by atoms with van der Waals surface area (Å²) in [5.41, 5.74) is 1.75. The van der Waals surface area contributed by atoms with E-state index in [9.17, 15) is 0 Å². The molecule has 0 aliphatic rings. The minimum atomic E-state index is 0.393. The van der Waals surface area contributed by atoms with Crippen LogP contribution < -0.4 is 0 Å². The van der Waals surface area contributed by atoms with E-state index in [-0.39, 0.29) is 0 Å². The molecule has 1 aromatic heterocycles. The van der Waals surface area contributed by atoms with E-state index in [0.717, 1.165) is 12.3 Å². The Kier molecular flexibility index (Phi) is 4.97. The van der Waals surface area contributed by atoms with Crippen molar-refractivity contribution >= 4 is 15.9 Å². The molecule has 0 N–H and O–H groups in total. The molecule has 0 fully saturated rings. The zero-order chi connectivity index (χ0) is 12.2. The van der Waals surface area contributed by atoms with Gasteiger partial charge in [0.05, 0.1) is 0 Å². The fourth-order valence-electron chi connectivity index (χ4n) is 1.60. The van der Waals surface area contributed by atoms with Gasteiger partial charge in [-0.15, -0.1) is 0 Å². The van der Waals surface area contributed by atoms with Crippen LogP contribution in [0.4, 0.5) is 0 Å². The van der Waals surface area contributed by atoms with Crippen LogP contribution >= 0.6 is 15.9 Å². The van der Waals surface area contributed by atoms with E-state index in [4.69, 9.17) is 0 Å². The summed E-state index contributed by atoms with van der Waals surface area (Å²) in [6.07, 6.45) is 6.03. The molecule has 2 heteroatoms. The quantitative estimate of drug-likeness (QED) is 0.744. The fourth-order valence-corrected chi connectivity index (χ4v) is 2.53. The molecule has 0 saturated heterocycles. The Balaban J connectivity index is 2.45. The van der Waals surface area contributed by atoms with Gasteiger partial charge < -0.3 is 0 Å². The van der Waals surface area contributed by atoms with Crippen molar-refractivity contribution in [1.29, 1.82) is 0 Å². The Morgan fingerprint density at radius 3 is 2.31 bits per heavy atom. The number of hydrogen-bond donors (Lipinski definition) is 0. The van der Waals surface area contributed by atoms with E-state index in [2.05, 4.69) is 60.7 Å². The van der Waals surface area contributed by atoms with Gasteiger partial charge >= 0.3 is 0 Å². The molecule has 1 nitrogen and oxygen atoms in total. The fraction of sp³-hybridized carbons (Fsp3) is 0.643. The Morgan fingerprint density at radius 1 is 1.25 bits per heavy atom. The Labute approximate surface area is 108 Å². The molecule has 0 bridgehead atoms. The number of alkyl halides is 1. The van der Waals surface area contributed by atoms with Gasteiger partial charge in [0.25, 0.3) is 0 Å². The predicted octanol–water partition coefficient (Wildman–Crippen LogP) is 4.46. The average Bonchev–Trinajstić information content (AvgIpc) is 2.17. The minimum Gasteiger partial charge on any atom is -0.265 e. The largest absolute Gasteiger partial charge is 0.265 e. The monoisotopic (exact) mass is 283 g/mol. The molecule has 0 aliphatic heterocycles. The van der Waals surface area contributed by atoms with Crippen molar-refractivity contribution in [2.45, 2.75) is 45.4 Å². The third kappa shape index (κ3) is 4.65. The molecule has 90 valence electrons. The molecule has 1 aromatic rings. The number of pyridine rings is 1. The lowest BCUT2D eigenvalue weighted by Gasteiger charge is -2.29. The van der Waals surface area contributed by atoms with Crippen molar-refractivity contribution in [1.82, 2.24) is 4.98 Å². The molecular weight excluding hydrogens is 262 g/mol. The lowest BCUT2D eigenvalue weighted by molar-refractivity contribution is 0.246. The van der Waals surface area contributed by atoms with Gasteiger partial charge in [0.1, 0.15) is 0 Å². The van der Waals surface area contributed by atoms with Gasteiger partial charge in [-0.25, -0.2) is 0 Å². The van der Waals surface area contributed by atoms with Gasteiger partial charge in [-0.1, -0.05) is 43.6 Å². The molecule has 16 heavy (non-hydrogen) atoms. The maximum Gasteiger partial charge on any atom is 0.0270 e. The molecule has 0 aromatic carbocycles. The highest BCUT2D eigenvalue weighted by Crippen LogP contribution is 2.31. The summed E-state index contributed by atoms with van der Waals surface area (Å²) in [4.78, 5) is 4.60. The minimum absolute atomic E-state index is 0.393. The lowest BCUT2D eigenvalue weighted by Crippen LogP contribution is -2.21. The molecule has 1 heterocycles. The van der Waals surface area contributed by atoms with E-state index in [0.29, 0.717) is 10.2 Å². The van der Waals surface area contributed by atoms with Crippen LogP contribution in [-0.4, -0.2) is 9.81 Å². The van der Waals surface area contributed by atoms with Crippen LogP contribution in [0, 0.1) is 11.3 Å². The second-order valence-electron chi connectivity index (χ2n) is 5.66. The molecule has 0 amide bonds. The predicted molar refractivity (Wildman–Crippen MR) is 73.9 cm³/mol. The Morgan fingerprint density at radius 2 is 1.81 bits per heavy atom. The molecule has 2 atom stereocenters. The van der Waals surface area contributed by atoms with Crippen molar-refractivity contribution in [2.75, 3.05) is 0 Å². The SMILES string of the molecule is CC(CC(Br)Cc1ccncc1)C(C)(C)C. The van der Waals surface area contributed by atoms with E-state index >= 15 is 0 Å². The molecule has 0 spiro atoms. The zero-order valence-corrected chi connectivity index (χ0v) is 12.3. The summed E-state index contributed by atoms with van der Waals surface area (Å²) in [7, 11) is 0. The van der Waals surface area contributed by atoms with E-state index < -0.39 is 0 Å². The van der Waals surface area contributed by atoms with Crippen molar-refractivity contribution in [3.05, 3.63) is 30.1 Å². The maximum absolute atomic E-state index is 4.04. The van der Waals surface area contributed by atoms with Crippen molar-refractivity contribution in [3.63, 3.8) is 0 Å². The Bertz CT molecular complexity index is 302. The van der Waals surface area contributed by atoms with Crippen LogP contribution in [-0.2, 0) is 6.42 Å². The van der Waals surface area contributed by atoms with E-state index in [1.54, 1.807) is 0 Å². The van der Waals surface area contributed by atoms with Crippen LogP contribution in [0.3, 0.4) is 0 Å². The summed E-state index contributed by atoms with van der Waals surface area (Å²) < 4.78 is 0. The first kappa shape index (κ1) is 13.7. The average molecular weight is 284 g/mol. The van der Waals surface area contributed by atoms with Gasteiger partial charge in [0, 0.05) is 17.2 Å². The summed E-state index contributed by atoms with van der Waals surface area (Å²) in [6, 6.07) is 4.19.